The second-order valence-electron chi connectivity index (χ2n) is 5.52. The van der Waals surface area contributed by atoms with E-state index in [1.807, 2.05) is 0 Å². The molecule has 0 saturated heterocycles. The van der Waals surface area contributed by atoms with Gasteiger partial charge in [0.25, 0.3) is 0 Å². The highest BCUT2D eigenvalue weighted by Gasteiger charge is 2.15. The molecule has 0 radical (unpaired) electrons. The molecule has 0 saturated carbocycles. The largest absolute Gasteiger partial charge is 0.320 e. The predicted molar refractivity (Wildman–Crippen MR) is 93.6 cm³/mol. The molecule has 0 spiro atoms. The van der Waals surface area contributed by atoms with Gasteiger partial charge in [0.15, 0.2) is 0 Å². The van der Waals surface area contributed by atoms with E-state index in [1.54, 1.807) is 0 Å². The molecule has 106 valence electrons. The smallest absolute Gasteiger partial charge is 0.0560 e. The van der Waals surface area contributed by atoms with E-state index in [2.05, 4.69) is 84.4 Å². The third-order valence-corrected chi connectivity index (χ3v) is 4.70. The van der Waals surface area contributed by atoms with Gasteiger partial charge < -0.3 is 5.73 Å². The summed E-state index contributed by atoms with van der Waals surface area (Å²) in [4.78, 5) is 0. The van der Waals surface area contributed by atoms with Crippen molar-refractivity contribution in [2.45, 2.75) is 19.9 Å². The normalized spacial score (nSPS) is 12.6. The van der Waals surface area contributed by atoms with Crippen molar-refractivity contribution < 1.29 is 0 Å². The van der Waals surface area contributed by atoms with Gasteiger partial charge in [-0.05, 0) is 47.4 Å². The van der Waals surface area contributed by atoms with Crippen LogP contribution < -0.4 is 5.73 Å². The molecule has 3 aromatic rings. The summed E-state index contributed by atoms with van der Waals surface area (Å²) in [6.07, 6.45) is 0. The molecule has 2 N–H and O–H groups in total. The van der Waals surface area contributed by atoms with Gasteiger partial charge in [0, 0.05) is 4.47 Å². The first-order valence-electron chi connectivity index (χ1n) is 7.08. The monoisotopic (exact) mass is 339 g/mol. The lowest BCUT2D eigenvalue weighted by Gasteiger charge is -2.18. The molecule has 0 bridgehead atoms. The number of hydrogen-bond acceptors (Lipinski definition) is 1. The lowest BCUT2D eigenvalue weighted by molar-refractivity contribution is 0.868. The van der Waals surface area contributed by atoms with Crippen molar-refractivity contribution in [1.29, 1.82) is 0 Å². The van der Waals surface area contributed by atoms with E-state index in [1.165, 1.54) is 33.0 Å². The Balaban J connectivity index is 2.20. The maximum atomic E-state index is 6.59. The first-order chi connectivity index (χ1) is 10.1. The zero-order valence-electron chi connectivity index (χ0n) is 12.2. The Kier molecular flexibility index (Phi) is 3.83. The summed E-state index contributed by atoms with van der Waals surface area (Å²) in [6.45, 7) is 4.23. The molecule has 1 atom stereocenters. The Bertz CT molecular complexity index is 808. The second-order valence-corrected chi connectivity index (χ2v) is 6.37. The summed E-state index contributed by atoms with van der Waals surface area (Å²) in [5.41, 5.74) is 11.4. The van der Waals surface area contributed by atoms with Crippen LogP contribution in [0, 0.1) is 13.8 Å². The van der Waals surface area contributed by atoms with E-state index in [4.69, 9.17) is 5.73 Å². The Morgan fingerprint density at radius 2 is 1.57 bits per heavy atom. The van der Waals surface area contributed by atoms with E-state index in [9.17, 15) is 0 Å². The maximum absolute atomic E-state index is 6.59. The van der Waals surface area contributed by atoms with Crippen molar-refractivity contribution in [1.82, 2.24) is 0 Å². The van der Waals surface area contributed by atoms with Gasteiger partial charge in [0.1, 0.15) is 0 Å². The van der Waals surface area contributed by atoms with Crippen LogP contribution in [0.15, 0.2) is 59.1 Å². The summed E-state index contributed by atoms with van der Waals surface area (Å²) in [5, 5.41) is 2.41. The molecule has 0 aliphatic rings. The minimum absolute atomic E-state index is 0.108. The highest BCUT2D eigenvalue weighted by Crippen LogP contribution is 2.33. The number of rotatable bonds is 2. The van der Waals surface area contributed by atoms with Gasteiger partial charge >= 0.3 is 0 Å². The van der Waals surface area contributed by atoms with Gasteiger partial charge in [-0.15, -0.1) is 0 Å². The van der Waals surface area contributed by atoms with Crippen LogP contribution in [0.5, 0.6) is 0 Å². The van der Waals surface area contributed by atoms with Crippen LogP contribution in [0.1, 0.15) is 28.3 Å². The fourth-order valence-electron chi connectivity index (χ4n) is 2.82. The first-order valence-corrected chi connectivity index (χ1v) is 7.87. The predicted octanol–water partition coefficient (Wildman–Crippen LogP) is 5.27. The Hall–Kier alpha value is -1.64. The molecule has 0 aromatic heterocycles. The molecule has 1 unspecified atom stereocenters. The van der Waals surface area contributed by atoms with Crippen molar-refractivity contribution in [3.05, 3.63) is 81.3 Å². The van der Waals surface area contributed by atoms with Gasteiger partial charge in [-0.1, -0.05) is 70.0 Å². The average Bonchev–Trinajstić information content (AvgIpc) is 2.50. The number of nitrogens with two attached hydrogens (primary N) is 1. The standard InChI is InChI=1S/C19H18BrN/c1-12-7-8-13(2)17(11-12)19(21)16-9-10-18(20)15-6-4-3-5-14(15)16/h3-11,19H,21H2,1-2H3. The van der Waals surface area contributed by atoms with Crippen LogP contribution in [0.4, 0.5) is 0 Å². The summed E-state index contributed by atoms with van der Waals surface area (Å²) < 4.78 is 1.11. The van der Waals surface area contributed by atoms with Crippen LogP contribution >= 0.6 is 15.9 Å². The molecule has 0 fully saturated rings. The van der Waals surface area contributed by atoms with E-state index in [0.717, 1.165) is 4.47 Å². The molecule has 0 aliphatic carbocycles. The van der Waals surface area contributed by atoms with Gasteiger partial charge in [0.05, 0.1) is 6.04 Å². The van der Waals surface area contributed by atoms with E-state index in [0.29, 0.717) is 0 Å². The van der Waals surface area contributed by atoms with Crippen molar-refractivity contribution in [3.63, 3.8) is 0 Å². The van der Waals surface area contributed by atoms with Gasteiger partial charge in [0.2, 0.25) is 0 Å². The summed E-state index contributed by atoms with van der Waals surface area (Å²) in [7, 11) is 0. The van der Waals surface area contributed by atoms with Crippen LogP contribution in [0.25, 0.3) is 10.8 Å². The summed E-state index contributed by atoms with van der Waals surface area (Å²) in [6, 6.07) is 18.9. The fraction of sp³-hybridized carbons (Fsp3) is 0.158. The molecule has 3 aromatic carbocycles. The molecule has 0 heterocycles. The van der Waals surface area contributed by atoms with Crippen LogP contribution in [-0.2, 0) is 0 Å². The number of aryl methyl sites for hydroxylation is 2. The molecule has 0 aliphatic heterocycles. The molecular formula is C19H18BrN. The van der Waals surface area contributed by atoms with Crippen LogP contribution in [0.2, 0.25) is 0 Å². The zero-order chi connectivity index (χ0) is 15.0. The third-order valence-electron chi connectivity index (χ3n) is 4.01. The van der Waals surface area contributed by atoms with E-state index < -0.39 is 0 Å². The Morgan fingerprint density at radius 1 is 0.857 bits per heavy atom. The van der Waals surface area contributed by atoms with Crippen LogP contribution in [0.3, 0.4) is 0 Å². The summed E-state index contributed by atoms with van der Waals surface area (Å²) >= 11 is 3.62. The van der Waals surface area contributed by atoms with E-state index >= 15 is 0 Å². The van der Waals surface area contributed by atoms with Gasteiger partial charge in [-0.2, -0.15) is 0 Å². The highest BCUT2D eigenvalue weighted by atomic mass is 79.9. The average molecular weight is 340 g/mol. The molecule has 1 nitrogen and oxygen atoms in total. The lowest BCUT2D eigenvalue weighted by Crippen LogP contribution is -2.14. The Morgan fingerprint density at radius 3 is 2.33 bits per heavy atom. The first kappa shape index (κ1) is 14.3. The topological polar surface area (TPSA) is 26.0 Å². The molecular weight excluding hydrogens is 322 g/mol. The maximum Gasteiger partial charge on any atom is 0.0560 e. The van der Waals surface area contributed by atoms with Crippen molar-refractivity contribution >= 4 is 26.7 Å². The third kappa shape index (κ3) is 2.61. The fourth-order valence-corrected chi connectivity index (χ4v) is 3.30. The second kappa shape index (κ2) is 5.63. The number of fused-ring (bicyclic) bond motifs is 1. The number of benzene rings is 3. The van der Waals surface area contributed by atoms with Crippen LogP contribution in [-0.4, -0.2) is 0 Å². The van der Waals surface area contributed by atoms with Crippen molar-refractivity contribution in [2.24, 2.45) is 5.73 Å². The number of hydrogen-bond donors (Lipinski definition) is 1. The van der Waals surface area contributed by atoms with Crippen molar-refractivity contribution in [3.8, 4) is 0 Å². The Labute approximate surface area is 133 Å². The minimum Gasteiger partial charge on any atom is -0.320 e. The number of halogens is 1. The van der Waals surface area contributed by atoms with E-state index in [-0.39, 0.29) is 6.04 Å². The molecule has 0 amide bonds. The SMILES string of the molecule is Cc1ccc(C)c(C(N)c2ccc(Br)c3ccccc23)c1. The minimum atomic E-state index is -0.108. The molecule has 2 heteroatoms. The molecule has 21 heavy (non-hydrogen) atoms. The highest BCUT2D eigenvalue weighted by molar-refractivity contribution is 9.10. The lowest BCUT2D eigenvalue weighted by atomic mass is 9.91. The van der Waals surface area contributed by atoms with Crippen molar-refractivity contribution in [2.75, 3.05) is 0 Å². The van der Waals surface area contributed by atoms with Gasteiger partial charge in [-0.3, -0.25) is 0 Å². The van der Waals surface area contributed by atoms with Gasteiger partial charge in [-0.25, -0.2) is 0 Å². The molecule has 3 rings (SSSR count). The summed E-state index contributed by atoms with van der Waals surface area (Å²) in [5.74, 6) is 0. The zero-order valence-corrected chi connectivity index (χ0v) is 13.8. The quantitative estimate of drug-likeness (QED) is 0.676.